The molecule has 2 aliphatic rings. The Labute approximate surface area is 114 Å². The molecular weight excluding hydrogens is 329 g/mol. The van der Waals surface area contributed by atoms with Crippen LogP contribution in [-0.4, -0.2) is 23.1 Å². The van der Waals surface area contributed by atoms with E-state index in [4.69, 9.17) is 0 Å². The number of pyridine rings is 1. The second kappa shape index (κ2) is 4.44. The summed E-state index contributed by atoms with van der Waals surface area (Å²) in [6.07, 6.45) is 6.40. The zero-order valence-corrected chi connectivity index (χ0v) is 11.6. The van der Waals surface area contributed by atoms with Gasteiger partial charge in [-0.2, -0.15) is 0 Å². The fourth-order valence-electron chi connectivity index (χ4n) is 2.75. The predicted octanol–water partition coefficient (Wildman–Crippen LogP) is 2.53. The van der Waals surface area contributed by atoms with Crippen molar-refractivity contribution >= 4 is 34.4 Å². The number of amides is 2. The van der Waals surface area contributed by atoms with Crippen molar-refractivity contribution in [2.75, 3.05) is 4.90 Å². The second-order valence-electron chi connectivity index (χ2n) is 4.61. The van der Waals surface area contributed by atoms with Gasteiger partial charge in [-0.15, -0.1) is 0 Å². The van der Waals surface area contributed by atoms with Crippen LogP contribution in [0.15, 0.2) is 18.3 Å². The van der Waals surface area contributed by atoms with Gasteiger partial charge in [0.1, 0.15) is 5.82 Å². The highest BCUT2D eigenvalue weighted by molar-refractivity contribution is 14.1. The molecule has 1 aromatic heterocycles. The lowest BCUT2D eigenvalue weighted by Gasteiger charge is -2.29. The summed E-state index contributed by atoms with van der Waals surface area (Å²) in [5.74, 6) is 0.775. The summed E-state index contributed by atoms with van der Waals surface area (Å²) in [6.45, 7) is 0. The van der Waals surface area contributed by atoms with Crippen molar-refractivity contribution < 1.29 is 4.79 Å². The van der Waals surface area contributed by atoms with Gasteiger partial charge in [-0.25, -0.2) is 9.78 Å². The highest BCUT2D eigenvalue weighted by atomic mass is 127. The van der Waals surface area contributed by atoms with Crippen LogP contribution in [0.2, 0.25) is 0 Å². The zero-order valence-electron chi connectivity index (χ0n) is 9.40. The van der Waals surface area contributed by atoms with E-state index in [9.17, 15) is 4.79 Å². The molecule has 1 N–H and O–H groups in total. The molecule has 0 spiro atoms. The fraction of sp³-hybridized carbons (Fsp3) is 0.500. The topological polar surface area (TPSA) is 45.2 Å². The monoisotopic (exact) mass is 343 g/mol. The third-order valence-corrected chi connectivity index (χ3v) is 4.19. The third kappa shape index (κ3) is 2.00. The molecule has 3 rings (SSSR count). The van der Waals surface area contributed by atoms with Crippen LogP contribution < -0.4 is 10.2 Å². The molecule has 2 atom stereocenters. The molecule has 1 saturated heterocycles. The number of urea groups is 1. The van der Waals surface area contributed by atoms with Gasteiger partial charge in [-0.1, -0.05) is 12.8 Å². The molecule has 1 aliphatic heterocycles. The third-order valence-electron chi connectivity index (χ3n) is 3.55. The number of aromatic nitrogens is 1. The van der Waals surface area contributed by atoms with Gasteiger partial charge in [-0.3, -0.25) is 4.90 Å². The standard InChI is InChI=1S/C12H14IN3O/c13-8-5-6-11(14-7-8)16-10-4-2-1-3-9(10)15-12(16)17/h5-7,9-10H,1-4H2,(H,15,17)/t9-,10+/m1/s1. The van der Waals surface area contributed by atoms with Gasteiger partial charge in [0.15, 0.2) is 0 Å². The average Bonchev–Trinajstić information content (AvgIpc) is 2.66. The lowest BCUT2D eigenvalue weighted by molar-refractivity contribution is 0.250. The number of rotatable bonds is 1. The molecule has 17 heavy (non-hydrogen) atoms. The summed E-state index contributed by atoms with van der Waals surface area (Å²) in [5.41, 5.74) is 0. The Balaban J connectivity index is 1.90. The molecule has 0 radical (unpaired) electrons. The summed E-state index contributed by atoms with van der Waals surface area (Å²) >= 11 is 2.22. The second-order valence-corrected chi connectivity index (χ2v) is 5.86. The van der Waals surface area contributed by atoms with Crippen LogP contribution in [0.5, 0.6) is 0 Å². The summed E-state index contributed by atoms with van der Waals surface area (Å²) in [6, 6.07) is 4.54. The zero-order chi connectivity index (χ0) is 11.8. The van der Waals surface area contributed by atoms with Crippen molar-refractivity contribution in [2.45, 2.75) is 37.8 Å². The summed E-state index contributed by atoms with van der Waals surface area (Å²) < 4.78 is 1.09. The van der Waals surface area contributed by atoms with E-state index in [-0.39, 0.29) is 6.03 Å². The van der Waals surface area contributed by atoms with Crippen molar-refractivity contribution in [3.05, 3.63) is 21.9 Å². The minimum Gasteiger partial charge on any atom is -0.333 e. The van der Waals surface area contributed by atoms with Crippen molar-refractivity contribution in [1.29, 1.82) is 0 Å². The first-order valence-electron chi connectivity index (χ1n) is 5.97. The van der Waals surface area contributed by atoms with Gasteiger partial charge >= 0.3 is 6.03 Å². The number of anilines is 1. The maximum atomic E-state index is 12.0. The van der Waals surface area contributed by atoms with Crippen LogP contribution in [-0.2, 0) is 0 Å². The Bertz CT molecular complexity index is 434. The summed E-state index contributed by atoms with van der Waals surface area (Å²) in [7, 11) is 0. The Morgan fingerprint density at radius 2 is 2.18 bits per heavy atom. The highest BCUT2D eigenvalue weighted by Crippen LogP contribution is 2.31. The number of hydrogen-bond donors (Lipinski definition) is 1. The van der Waals surface area contributed by atoms with E-state index in [1.165, 1.54) is 12.8 Å². The molecule has 1 saturated carbocycles. The molecule has 0 unspecified atom stereocenters. The summed E-state index contributed by atoms with van der Waals surface area (Å²) in [4.78, 5) is 18.2. The van der Waals surface area contributed by atoms with E-state index in [0.717, 1.165) is 22.2 Å². The minimum atomic E-state index is 0.00982. The maximum absolute atomic E-state index is 12.0. The minimum absolute atomic E-state index is 0.00982. The van der Waals surface area contributed by atoms with Crippen LogP contribution in [0.25, 0.3) is 0 Å². The Kier molecular flexibility index (Phi) is 2.94. The maximum Gasteiger partial charge on any atom is 0.323 e. The fourth-order valence-corrected chi connectivity index (χ4v) is 3.07. The number of carbonyl (C=O) groups is 1. The van der Waals surface area contributed by atoms with Crippen LogP contribution in [0, 0.1) is 3.57 Å². The van der Waals surface area contributed by atoms with Crippen molar-refractivity contribution in [3.8, 4) is 0 Å². The number of nitrogens with one attached hydrogen (secondary N) is 1. The van der Waals surface area contributed by atoms with Crippen LogP contribution >= 0.6 is 22.6 Å². The molecular formula is C12H14IN3O. The molecule has 0 aromatic carbocycles. The Morgan fingerprint density at radius 3 is 2.94 bits per heavy atom. The highest BCUT2D eigenvalue weighted by Gasteiger charge is 2.41. The summed E-state index contributed by atoms with van der Waals surface area (Å²) in [5, 5.41) is 3.06. The SMILES string of the molecule is O=C1N[C@@H]2CCCC[C@@H]2N1c1ccc(I)cn1. The molecule has 2 heterocycles. The van der Waals surface area contributed by atoms with Crippen molar-refractivity contribution in [2.24, 2.45) is 0 Å². The molecule has 1 aliphatic carbocycles. The number of nitrogens with zero attached hydrogens (tertiary/aromatic N) is 2. The first-order valence-corrected chi connectivity index (χ1v) is 7.05. The van der Waals surface area contributed by atoms with Crippen molar-refractivity contribution in [3.63, 3.8) is 0 Å². The lowest BCUT2D eigenvalue weighted by atomic mass is 9.91. The smallest absolute Gasteiger partial charge is 0.323 e. The van der Waals surface area contributed by atoms with Crippen molar-refractivity contribution in [1.82, 2.24) is 10.3 Å². The van der Waals surface area contributed by atoms with E-state index in [0.29, 0.717) is 12.1 Å². The van der Waals surface area contributed by atoms with E-state index in [2.05, 4.69) is 32.9 Å². The molecule has 2 amide bonds. The van der Waals surface area contributed by atoms with E-state index in [1.807, 2.05) is 17.0 Å². The van der Waals surface area contributed by atoms with Gasteiger partial charge in [-0.05, 0) is 47.6 Å². The molecule has 0 bridgehead atoms. The van der Waals surface area contributed by atoms with E-state index >= 15 is 0 Å². The number of halogens is 1. The normalized spacial score (nSPS) is 27.8. The van der Waals surface area contributed by atoms with Gasteiger partial charge < -0.3 is 5.32 Å². The van der Waals surface area contributed by atoms with Gasteiger partial charge in [0.05, 0.1) is 12.1 Å². The molecule has 4 nitrogen and oxygen atoms in total. The van der Waals surface area contributed by atoms with Gasteiger partial charge in [0.25, 0.3) is 0 Å². The molecule has 1 aromatic rings. The predicted molar refractivity (Wildman–Crippen MR) is 74.0 cm³/mol. The number of carbonyl (C=O) groups excluding carboxylic acids is 1. The van der Waals surface area contributed by atoms with Gasteiger partial charge in [0, 0.05) is 9.77 Å². The molecule has 5 heteroatoms. The lowest BCUT2D eigenvalue weighted by Crippen LogP contribution is -2.39. The van der Waals surface area contributed by atoms with Crippen LogP contribution in [0.1, 0.15) is 25.7 Å². The van der Waals surface area contributed by atoms with Gasteiger partial charge in [0.2, 0.25) is 0 Å². The Morgan fingerprint density at radius 1 is 1.35 bits per heavy atom. The average molecular weight is 343 g/mol. The molecule has 90 valence electrons. The first kappa shape index (κ1) is 11.3. The number of hydrogen-bond acceptors (Lipinski definition) is 2. The largest absolute Gasteiger partial charge is 0.333 e. The molecule has 2 fully saturated rings. The number of fused-ring (bicyclic) bond motifs is 1. The van der Waals surface area contributed by atoms with Crippen LogP contribution in [0.4, 0.5) is 10.6 Å². The Hall–Kier alpha value is -0.850. The van der Waals surface area contributed by atoms with E-state index < -0.39 is 0 Å². The van der Waals surface area contributed by atoms with Crippen LogP contribution in [0.3, 0.4) is 0 Å². The quantitative estimate of drug-likeness (QED) is 0.797. The van der Waals surface area contributed by atoms with E-state index in [1.54, 1.807) is 6.20 Å². The first-order chi connectivity index (χ1) is 8.25.